The molecule has 1 aromatic rings. The summed E-state index contributed by atoms with van der Waals surface area (Å²) in [6.45, 7) is -0.454. The summed E-state index contributed by atoms with van der Waals surface area (Å²) in [5.74, 6) is -2.00. The normalized spacial score (nSPS) is 32.8. The molecule has 0 aliphatic heterocycles. The van der Waals surface area contributed by atoms with Crippen LogP contribution >= 0.6 is 15.9 Å². The van der Waals surface area contributed by atoms with Crippen molar-refractivity contribution in [2.24, 2.45) is 28.9 Å². The van der Waals surface area contributed by atoms with Crippen LogP contribution in [0.2, 0.25) is 0 Å². The van der Waals surface area contributed by atoms with Crippen LogP contribution in [-0.4, -0.2) is 43.2 Å². The number of hydrogen-bond donors (Lipinski definition) is 2. The fourth-order valence-corrected chi connectivity index (χ4v) is 8.55. The van der Waals surface area contributed by atoms with Crippen LogP contribution in [0.1, 0.15) is 44.9 Å². The number of rotatable bonds is 7. The zero-order valence-corrected chi connectivity index (χ0v) is 20.3. The molecule has 4 bridgehead atoms. The second-order valence-electron chi connectivity index (χ2n) is 10.2. The van der Waals surface area contributed by atoms with Crippen LogP contribution in [0.3, 0.4) is 0 Å². The van der Waals surface area contributed by atoms with E-state index in [1.54, 1.807) is 0 Å². The monoisotopic (exact) mass is 545 g/mol. The summed E-state index contributed by atoms with van der Waals surface area (Å²) in [5.41, 5.74) is 5.24. The van der Waals surface area contributed by atoms with Gasteiger partial charge in [0, 0.05) is 17.5 Å². The van der Waals surface area contributed by atoms with Crippen molar-refractivity contribution in [3.63, 3.8) is 0 Å². The first-order chi connectivity index (χ1) is 15.5. The van der Waals surface area contributed by atoms with Crippen molar-refractivity contribution in [1.82, 2.24) is 9.62 Å². The standard InChI is InChI=1S/C22H26BrF2N3O4S/c23-15-5-17(25)18(6-16(15)24)33(31,32)28(14-1-2-14)10-19(29)27-20-12-3-11-4-13(20)9-22(7-11,8-12)21(26)30/h5-6,11-14,20H,1-4,7-10H2,(H2,26,30)(H,27,29). The van der Waals surface area contributed by atoms with E-state index in [-0.39, 0.29) is 28.3 Å². The van der Waals surface area contributed by atoms with E-state index >= 15 is 0 Å². The maximum absolute atomic E-state index is 14.4. The van der Waals surface area contributed by atoms with E-state index in [4.69, 9.17) is 5.73 Å². The SMILES string of the molecule is NC(=O)C12CC3CC(C1)C(NC(=O)CN(C1CC1)S(=O)(=O)c1cc(F)c(Br)cc1F)C(C3)C2. The summed E-state index contributed by atoms with van der Waals surface area (Å²) in [6.07, 6.45) is 5.08. The molecule has 11 heteroatoms. The summed E-state index contributed by atoms with van der Waals surface area (Å²) in [7, 11) is -4.41. The third kappa shape index (κ3) is 3.99. The number of primary amides is 1. The van der Waals surface area contributed by atoms with Crippen molar-refractivity contribution in [3.05, 3.63) is 28.2 Å². The van der Waals surface area contributed by atoms with Crippen molar-refractivity contribution in [2.45, 2.75) is 61.9 Å². The van der Waals surface area contributed by atoms with Crippen LogP contribution in [0.25, 0.3) is 0 Å². The van der Waals surface area contributed by atoms with Gasteiger partial charge in [0.2, 0.25) is 21.8 Å². The molecule has 2 amide bonds. The van der Waals surface area contributed by atoms with Gasteiger partial charge in [-0.25, -0.2) is 17.2 Å². The lowest BCUT2D eigenvalue weighted by Gasteiger charge is -2.58. The van der Waals surface area contributed by atoms with Crippen molar-refractivity contribution >= 4 is 37.8 Å². The molecule has 2 unspecified atom stereocenters. The zero-order chi connectivity index (χ0) is 23.7. The Morgan fingerprint density at radius 3 is 2.33 bits per heavy atom. The average molecular weight is 546 g/mol. The number of nitrogens with one attached hydrogen (secondary N) is 1. The highest BCUT2D eigenvalue weighted by molar-refractivity contribution is 9.10. The van der Waals surface area contributed by atoms with Crippen LogP contribution in [0, 0.1) is 34.8 Å². The number of benzene rings is 1. The molecule has 0 aromatic heterocycles. The van der Waals surface area contributed by atoms with Crippen LogP contribution in [0.15, 0.2) is 21.5 Å². The highest BCUT2D eigenvalue weighted by Gasteiger charge is 2.58. The molecule has 3 N–H and O–H groups in total. The number of carbonyl (C=O) groups is 2. The largest absolute Gasteiger partial charge is 0.369 e. The fraction of sp³-hybridized carbons (Fsp3) is 0.636. The molecule has 0 heterocycles. The van der Waals surface area contributed by atoms with Gasteiger partial charge < -0.3 is 11.1 Å². The number of sulfonamides is 1. The number of hydrogen-bond acceptors (Lipinski definition) is 4. The van der Waals surface area contributed by atoms with E-state index in [0.717, 1.165) is 29.6 Å². The van der Waals surface area contributed by atoms with Crippen LogP contribution in [-0.2, 0) is 19.6 Å². The highest BCUT2D eigenvalue weighted by atomic mass is 79.9. The Balaban J connectivity index is 1.33. The predicted molar refractivity (Wildman–Crippen MR) is 118 cm³/mol. The van der Waals surface area contributed by atoms with Crippen molar-refractivity contribution in [1.29, 1.82) is 0 Å². The quantitative estimate of drug-likeness (QED) is 0.513. The Morgan fingerprint density at radius 1 is 1.12 bits per heavy atom. The van der Waals surface area contributed by atoms with Gasteiger partial charge >= 0.3 is 0 Å². The van der Waals surface area contributed by atoms with Gasteiger partial charge in [0.1, 0.15) is 16.5 Å². The Kier molecular flexibility index (Phi) is 5.60. The second-order valence-corrected chi connectivity index (χ2v) is 12.9. The lowest BCUT2D eigenvalue weighted by molar-refractivity contribution is -0.147. The van der Waals surface area contributed by atoms with Gasteiger partial charge in [0.05, 0.1) is 11.0 Å². The average Bonchev–Trinajstić information content (AvgIpc) is 3.56. The topological polar surface area (TPSA) is 110 Å². The molecule has 7 nitrogen and oxygen atoms in total. The van der Waals surface area contributed by atoms with Gasteiger partial charge in [0.15, 0.2) is 0 Å². The number of nitrogens with zero attached hydrogens (tertiary/aromatic N) is 1. The van der Waals surface area contributed by atoms with E-state index in [2.05, 4.69) is 21.2 Å². The smallest absolute Gasteiger partial charge is 0.246 e. The van der Waals surface area contributed by atoms with Crippen LogP contribution in [0.5, 0.6) is 0 Å². The van der Waals surface area contributed by atoms with E-state index in [9.17, 15) is 26.8 Å². The van der Waals surface area contributed by atoms with E-state index in [0.29, 0.717) is 37.7 Å². The zero-order valence-electron chi connectivity index (χ0n) is 17.9. The molecule has 5 saturated carbocycles. The van der Waals surface area contributed by atoms with Crippen LogP contribution in [0.4, 0.5) is 8.78 Å². The van der Waals surface area contributed by atoms with E-state index < -0.39 is 50.5 Å². The molecule has 0 saturated heterocycles. The van der Waals surface area contributed by atoms with E-state index in [1.165, 1.54) is 0 Å². The molecule has 5 fully saturated rings. The molecule has 2 atom stereocenters. The van der Waals surface area contributed by atoms with Gasteiger partial charge in [-0.15, -0.1) is 0 Å². The molecular weight excluding hydrogens is 520 g/mol. The molecule has 6 rings (SSSR count). The predicted octanol–water partition coefficient (Wildman–Crippen LogP) is 2.68. The summed E-state index contributed by atoms with van der Waals surface area (Å²) in [4.78, 5) is 24.3. The Bertz CT molecular complexity index is 1110. The molecule has 5 aliphatic carbocycles. The van der Waals surface area contributed by atoms with Gasteiger partial charge in [-0.2, -0.15) is 4.31 Å². The van der Waals surface area contributed by atoms with Crippen molar-refractivity contribution < 1.29 is 26.8 Å². The molecular formula is C22H26BrF2N3O4S. The molecule has 5 aliphatic rings. The number of amides is 2. The number of nitrogens with two attached hydrogens (primary N) is 1. The van der Waals surface area contributed by atoms with Crippen molar-refractivity contribution in [3.8, 4) is 0 Å². The first-order valence-electron chi connectivity index (χ1n) is 11.3. The molecule has 0 spiro atoms. The number of halogens is 3. The lowest BCUT2D eigenvalue weighted by atomic mass is 9.47. The Labute approximate surface area is 199 Å². The van der Waals surface area contributed by atoms with Crippen LogP contribution < -0.4 is 11.1 Å². The third-order valence-electron chi connectivity index (χ3n) is 7.94. The first-order valence-corrected chi connectivity index (χ1v) is 13.5. The maximum atomic E-state index is 14.4. The van der Waals surface area contributed by atoms with E-state index in [1.807, 2.05) is 0 Å². The van der Waals surface area contributed by atoms with Gasteiger partial charge in [-0.05, 0) is 90.8 Å². The summed E-state index contributed by atoms with van der Waals surface area (Å²) < 4.78 is 55.6. The highest BCUT2D eigenvalue weighted by Crippen LogP contribution is 2.59. The Morgan fingerprint density at radius 2 is 1.76 bits per heavy atom. The minimum Gasteiger partial charge on any atom is -0.369 e. The fourth-order valence-electron chi connectivity index (χ4n) is 6.54. The first kappa shape index (κ1) is 23.2. The lowest BCUT2D eigenvalue weighted by Crippen LogP contribution is -2.62. The minimum absolute atomic E-state index is 0.132. The molecule has 180 valence electrons. The summed E-state index contributed by atoms with van der Waals surface area (Å²) in [5, 5.41) is 3.02. The Hall–Kier alpha value is -1.59. The van der Waals surface area contributed by atoms with Crippen molar-refractivity contribution in [2.75, 3.05) is 6.54 Å². The molecule has 33 heavy (non-hydrogen) atoms. The second kappa shape index (κ2) is 7.98. The molecule has 0 radical (unpaired) electrons. The minimum atomic E-state index is -4.41. The van der Waals surface area contributed by atoms with Gasteiger partial charge in [0.25, 0.3) is 0 Å². The van der Waals surface area contributed by atoms with Gasteiger partial charge in [-0.1, -0.05) is 0 Å². The third-order valence-corrected chi connectivity index (χ3v) is 10.5. The maximum Gasteiger partial charge on any atom is 0.246 e. The summed E-state index contributed by atoms with van der Waals surface area (Å²) >= 11 is 2.85. The summed E-state index contributed by atoms with van der Waals surface area (Å²) in [6, 6.07) is 0.871. The number of carbonyl (C=O) groups excluding carboxylic acids is 2. The molecule has 1 aromatic carbocycles. The van der Waals surface area contributed by atoms with Gasteiger partial charge in [-0.3, -0.25) is 9.59 Å².